The Balaban J connectivity index is 1.66. The predicted octanol–water partition coefficient (Wildman–Crippen LogP) is 4.91. The standard InChI is InChI=1S/C22H34O2/c1-14(2)22(24)12-9-19-17-6-5-15-13-16(23)7-10-20(15,3)18(17)8-11-21(19,22)4/h15,17-19,24H,1,5-13H2,2-4H3/t15?,17?,18?,19?,20-,21-,22-/m0/s1. The first-order valence-electron chi connectivity index (χ1n) is 10.1. The van der Waals surface area contributed by atoms with Crippen LogP contribution in [-0.4, -0.2) is 16.5 Å². The van der Waals surface area contributed by atoms with Gasteiger partial charge >= 0.3 is 0 Å². The molecule has 0 aromatic heterocycles. The molecule has 0 saturated heterocycles. The second-order valence-electron chi connectivity index (χ2n) is 10.0. The molecule has 4 aliphatic carbocycles. The molecule has 4 rings (SSSR count). The van der Waals surface area contributed by atoms with Crippen molar-refractivity contribution in [2.24, 2.45) is 34.5 Å². The van der Waals surface area contributed by atoms with Gasteiger partial charge in [0.15, 0.2) is 0 Å². The molecule has 0 bridgehead atoms. The van der Waals surface area contributed by atoms with Crippen molar-refractivity contribution in [3.8, 4) is 0 Å². The summed E-state index contributed by atoms with van der Waals surface area (Å²) in [7, 11) is 0. The number of Topliss-reactive ketones (excluding diaryl/α,β-unsaturated/α-hetero) is 1. The lowest BCUT2D eigenvalue weighted by Gasteiger charge is -2.61. The Labute approximate surface area is 147 Å². The Bertz CT molecular complexity index is 581. The average Bonchev–Trinajstić information content (AvgIpc) is 2.81. The van der Waals surface area contributed by atoms with E-state index in [9.17, 15) is 9.90 Å². The molecule has 2 nitrogen and oxygen atoms in total. The molecule has 0 aromatic carbocycles. The lowest BCUT2D eigenvalue weighted by atomic mass is 9.44. The van der Waals surface area contributed by atoms with Crippen LogP contribution in [0.25, 0.3) is 0 Å². The maximum atomic E-state index is 12.0. The molecule has 4 fully saturated rings. The van der Waals surface area contributed by atoms with E-state index in [-0.39, 0.29) is 5.41 Å². The second-order valence-corrected chi connectivity index (χ2v) is 10.0. The van der Waals surface area contributed by atoms with Gasteiger partial charge in [-0.05, 0) is 86.5 Å². The van der Waals surface area contributed by atoms with E-state index in [1.165, 1.54) is 19.3 Å². The number of fused-ring (bicyclic) bond motifs is 5. The summed E-state index contributed by atoms with van der Waals surface area (Å²) in [5.74, 6) is 3.25. The summed E-state index contributed by atoms with van der Waals surface area (Å²) in [6, 6.07) is 0. The summed E-state index contributed by atoms with van der Waals surface area (Å²) in [5.41, 5.74) is 0.674. The Morgan fingerprint density at radius 3 is 2.50 bits per heavy atom. The van der Waals surface area contributed by atoms with Crippen LogP contribution in [-0.2, 0) is 4.79 Å². The summed E-state index contributed by atoms with van der Waals surface area (Å²) >= 11 is 0. The van der Waals surface area contributed by atoms with E-state index in [1.807, 2.05) is 6.92 Å². The van der Waals surface area contributed by atoms with Crippen molar-refractivity contribution >= 4 is 5.78 Å². The number of ketones is 1. The van der Waals surface area contributed by atoms with Gasteiger partial charge in [0.05, 0.1) is 5.60 Å². The van der Waals surface area contributed by atoms with E-state index < -0.39 is 5.60 Å². The molecule has 134 valence electrons. The fourth-order valence-corrected chi connectivity index (χ4v) is 7.76. The molecule has 4 aliphatic rings. The third kappa shape index (κ3) is 1.95. The molecular weight excluding hydrogens is 296 g/mol. The first-order valence-corrected chi connectivity index (χ1v) is 10.1. The van der Waals surface area contributed by atoms with Crippen LogP contribution in [0.5, 0.6) is 0 Å². The van der Waals surface area contributed by atoms with Crippen LogP contribution in [0.2, 0.25) is 0 Å². The Morgan fingerprint density at radius 1 is 1.08 bits per heavy atom. The van der Waals surface area contributed by atoms with Crippen LogP contribution in [0.3, 0.4) is 0 Å². The zero-order chi connectivity index (χ0) is 17.3. The molecule has 0 radical (unpaired) electrons. The van der Waals surface area contributed by atoms with Crippen LogP contribution < -0.4 is 0 Å². The summed E-state index contributed by atoms with van der Waals surface area (Å²) < 4.78 is 0. The molecule has 0 spiro atoms. The summed E-state index contributed by atoms with van der Waals surface area (Å²) in [6.07, 6.45) is 9.63. The molecule has 0 amide bonds. The van der Waals surface area contributed by atoms with E-state index in [1.54, 1.807) is 0 Å². The number of hydrogen-bond acceptors (Lipinski definition) is 2. The molecular formula is C22H34O2. The highest BCUT2D eigenvalue weighted by atomic mass is 16.3. The van der Waals surface area contributed by atoms with E-state index in [0.717, 1.165) is 55.9 Å². The van der Waals surface area contributed by atoms with Gasteiger partial charge in [0.25, 0.3) is 0 Å². The van der Waals surface area contributed by atoms with Gasteiger partial charge in [-0.2, -0.15) is 0 Å². The van der Waals surface area contributed by atoms with Crippen molar-refractivity contribution < 1.29 is 9.90 Å². The van der Waals surface area contributed by atoms with Crippen molar-refractivity contribution in [3.63, 3.8) is 0 Å². The first kappa shape index (κ1) is 16.8. The van der Waals surface area contributed by atoms with Gasteiger partial charge in [-0.1, -0.05) is 20.4 Å². The molecule has 1 N–H and O–H groups in total. The minimum Gasteiger partial charge on any atom is -0.385 e. The Morgan fingerprint density at radius 2 is 1.79 bits per heavy atom. The molecule has 0 heterocycles. The molecule has 7 atom stereocenters. The normalized spacial score (nSPS) is 53.9. The van der Waals surface area contributed by atoms with E-state index in [4.69, 9.17) is 0 Å². The molecule has 0 aromatic rings. The number of carbonyl (C=O) groups is 1. The van der Waals surface area contributed by atoms with Crippen LogP contribution in [0, 0.1) is 34.5 Å². The van der Waals surface area contributed by atoms with Gasteiger partial charge in [-0.15, -0.1) is 0 Å². The monoisotopic (exact) mass is 330 g/mol. The van der Waals surface area contributed by atoms with E-state index in [0.29, 0.717) is 23.0 Å². The van der Waals surface area contributed by atoms with Gasteiger partial charge in [0.2, 0.25) is 0 Å². The zero-order valence-electron chi connectivity index (χ0n) is 15.7. The lowest BCUT2D eigenvalue weighted by molar-refractivity contribution is -0.149. The Kier molecular flexibility index (Phi) is 3.64. The fraction of sp³-hybridized carbons (Fsp3) is 0.864. The number of hydrogen-bond donors (Lipinski definition) is 1. The summed E-state index contributed by atoms with van der Waals surface area (Å²) in [5, 5.41) is 11.4. The number of aliphatic hydroxyl groups is 1. The quantitative estimate of drug-likeness (QED) is 0.694. The third-order valence-corrected chi connectivity index (χ3v) is 9.34. The van der Waals surface area contributed by atoms with Gasteiger partial charge < -0.3 is 5.11 Å². The fourth-order valence-electron chi connectivity index (χ4n) is 7.76. The van der Waals surface area contributed by atoms with Crippen LogP contribution in [0.1, 0.15) is 78.6 Å². The number of rotatable bonds is 1. The minimum absolute atomic E-state index is 0.00762. The van der Waals surface area contributed by atoms with Crippen LogP contribution >= 0.6 is 0 Å². The van der Waals surface area contributed by atoms with E-state index in [2.05, 4.69) is 20.4 Å². The van der Waals surface area contributed by atoms with Gasteiger partial charge in [-0.25, -0.2) is 0 Å². The summed E-state index contributed by atoms with van der Waals surface area (Å²) in [6.45, 7) is 11.0. The highest BCUT2D eigenvalue weighted by molar-refractivity contribution is 5.79. The van der Waals surface area contributed by atoms with Gasteiger partial charge in [0.1, 0.15) is 5.78 Å². The minimum atomic E-state index is -0.664. The third-order valence-electron chi connectivity index (χ3n) is 9.34. The second kappa shape index (κ2) is 5.19. The van der Waals surface area contributed by atoms with Crippen molar-refractivity contribution in [1.82, 2.24) is 0 Å². The van der Waals surface area contributed by atoms with Crippen LogP contribution in [0.4, 0.5) is 0 Å². The first-order chi connectivity index (χ1) is 11.2. The maximum absolute atomic E-state index is 12.0. The average molecular weight is 331 g/mol. The molecule has 0 aliphatic heterocycles. The van der Waals surface area contributed by atoms with Crippen molar-refractivity contribution in [2.75, 3.05) is 0 Å². The zero-order valence-corrected chi connectivity index (χ0v) is 15.7. The highest BCUT2D eigenvalue weighted by Crippen LogP contribution is 2.68. The van der Waals surface area contributed by atoms with E-state index >= 15 is 0 Å². The Hall–Kier alpha value is -0.630. The highest BCUT2D eigenvalue weighted by Gasteiger charge is 2.64. The van der Waals surface area contributed by atoms with Gasteiger partial charge in [0, 0.05) is 18.3 Å². The molecule has 24 heavy (non-hydrogen) atoms. The van der Waals surface area contributed by atoms with Gasteiger partial charge in [-0.3, -0.25) is 4.79 Å². The molecule has 4 saturated carbocycles. The van der Waals surface area contributed by atoms with Crippen molar-refractivity contribution in [2.45, 2.75) is 84.2 Å². The van der Waals surface area contributed by atoms with Crippen molar-refractivity contribution in [3.05, 3.63) is 12.2 Å². The molecule has 2 heteroatoms. The number of carbonyl (C=O) groups excluding carboxylic acids is 1. The topological polar surface area (TPSA) is 37.3 Å². The smallest absolute Gasteiger partial charge is 0.133 e. The summed E-state index contributed by atoms with van der Waals surface area (Å²) in [4.78, 5) is 12.0. The molecule has 4 unspecified atom stereocenters. The largest absolute Gasteiger partial charge is 0.385 e. The maximum Gasteiger partial charge on any atom is 0.133 e. The SMILES string of the molecule is C=C(C)[C@@]1(O)CCC2C3CCC4CC(=O)CC[C@]4(C)C3CC[C@@]21C. The van der Waals surface area contributed by atoms with Crippen LogP contribution in [0.15, 0.2) is 12.2 Å². The predicted molar refractivity (Wildman–Crippen MR) is 96.5 cm³/mol. The van der Waals surface area contributed by atoms with Crippen molar-refractivity contribution in [1.29, 1.82) is 0 Å². The lowest BCUT2D eigenvalue weighted by Crippen LogP contribution is -2.56.